The third-order valence-electron chi connectivity index (χ3n) is 5.39. The first kappa shape index (κ1) is 25.6. The first-order chi connectivity index (χ1) is 13.7. The lowest BCUT2D eigenvalue weighted by Gasteiger charge is -2.34. The zero-order valence-corrected chi connectivity index (χ0v) is 20.5. The highest BCUT2D eigenvalue weighted by Crippen LogP contribution is 2.17. The van der Waals surface area contributed by atoms with Gasteiger partial charge in [-0.15, -0.1) is 34.2 Å². The predicted molar refractivity (Wildman–Crippen MR) is 127 cm³/mol. The fraction of sp³-hybridized carbons (Fsp3) is 0.800. The quantitative estimate of drug-likeness (QED) is 0.215. The minimum Gasteiger partial charge on any atom is -0.357 e. The third kappa shape index (κ3) is 8.88. The summed E-state index contributed by atoms with van der Waals surface area (Å²) in [5.41, 5.74) is 0. The van der Waals surface area contributed by atoms with Gasteiger partial charge in [0.2, 0.25) is 5.91 Å². The van der Waals surface area contributed by atoms with E-state index < -0.39 is 0 Å². The number of aromatic nitrogens is 3. The van der Waals surface area contributed by atoms with Crippen LogP contribution in [-0.4, -0.2) is 63.8 Å². The number of unbranched alkanes of at least 4 members (excludes halogenated alkanes) is 1. The Morgan fingerprint density at radius 3 is 2.38 bits per heavy atom. The molecule has 0 bridgehead atoms. The number of likely N-dealkylation sites (tertiary alicyclic amines) is 1. The van der Waals surface area contributed by atoms with E-state index in [9.17, 15) is 4.79 Å². The van der Waals surface area contributed by atoms with E-state index in [1.165, 1.54) is 0 Å². The highest BCUT2D eigenvalue weighted by atomic mass is 127. The fourth-order valence-electron chi connectivity index (χ4n) is 3.59. The van der Waals surface area contributed by atoms with Gasteiger partial charge in [-0.1, -0.05) is 13.8 Å². The normalized spacial score (nSPS) is 15.3. The Morgan fingerprint density at radius 2 is 1.79 bits per heavy atom. The van der Waals surface area contributed by atoms with Gasteiger partial charge in [-0.3, -0.25) is 9.79 Å². The van der Waals surface area contributed by atoms with Crippen molar-refractivity contribution < 1.29 is 4.79 Å². The molecule has 1 aliphatic heterocycles. The summed E-state index contributed by atoms with van der Waals surface area (Å²) in [6.07, 6.45) is 9.39. The molecule has 1 amide bonds. The summed E-state index contributed by atoms with van der Waals surface area (Å²) in [6.45, 7) is 10.5. The molecule has 0 unspecified atom stereocenters. The number of guanidine groups is 1. The van der Waals surface area contributed by atoms with Gasteiger partial charge in [0.25, 0.3) is 0 Å². The molecule has 2 N–H and O–H groups in total. The second kappa shape index (κ2) is 14.6. The van der Waals surface area contributed by atoms with Crippen molar-refractivity contribution in [2.24, 2.45) is 10.9 Å². The summed E-state index contributed by atoms with van der Waals surface area (Å²) in [4.78, 5) is 19.3. The summed E-state index contributed by atoms with van der Waals surface area (Å²) < 4.78 is 1.99. The Bertz CT molecular complexity index is 582. The average Bonchev–Trinajstić information content (AvgIpc) is 3.23. The lowest BCUT2D eigenvalue weighted by atomic mass is 9.98. The van der Waals surface area contributed by atoms with Crippen LogP contribution in [0.2, 0.25) is 0 Å². The van der Waals surface area contributed by atoms with Crippen LogP contribution < -0.4 is 10.6 Å². The Labute approximate surface area is 192 Å². The number of nitrogens with zero attached hydrogens (tertiary/aromatic N) is 5. The predicted octanol–water partition coefficient (Wildman–Crippen LogP) is 2.66. The van der Waals surface area contributed by atoms with Gasteiger partial charge in [0, 0.05) is 44.7 Å². The molecule has 1 saturated heterocycles. The fourth-order valence-corrected chi connectivity index (χ4v) is 3.59. The van der Waals surface area contributed by atoms with Crippen molar-refractivity contribution in [3.63, 3.8) is 0 Å². The standard InChI is InChI=1S/C20H37N7O.HI/c1-4-17(5-2)19(28)27-13-9-18(10-14-27)25-20(21-6-3)22-11-7-8-12-26-15-23-24-16-26;/h15-18H,4-14H2,1-3H3,(H2,21,22,25);1H. The van der Waals surface area contributed by atoms with E-state index in [2.05, 4.69) is 41.6 Å². The lowest BCUT2D eigenvalue weighted by Crippen LogP contribution is -2.50. The van der Waals surface area contributed by atoms with Gasteiger partial charge in [-0.05, 0) is 45.4 Å². The molecule has 2 heterocycles. The zero-order chi connectivity index (χ0) is 20.2. The number of aryl methyl sites for hydroxylation is 1. The van der Waals surface area contributed by atoms with Crippen molar-refractivity contribution in [1.82, 2.24) is 30.3 Å². The van der Waals surface area contributed by atoms with E-state index in [0.717, 1.165) is 77.2 Å². The van der Waals surface area contributed by atoms with E-state index in [1.807, 2.05) is 9.47 Å². The smallest absolute Gasteiger partial charge is 0.225 e. The van der Waals surface area contributed by atoms with Crippen LogP contribution in [0.3, 0.4) is 0 Å². The van der Waals surface area contributed by atoms with Crippen LogP contribution in [-0.2, 0) is 11.3 Å². The molecule has 0 aliphatic carbocycles. The maximum atomic E-state index is 12.5. The maximum absolute atomic E-state index is 12.5. The van der Waals surface area contributed by atoms with Crippen molar-refractivity contribution >= 4 is 35.8 Å². The van der Waals surface area contributed by atoms with E-state index in [1.54, 1.807) is 12.7 Å². The number of hydrogen-bond acceptors (Lipinski definition) is 4. The van der Waals surface area contributed by atoms with Crippen LogP contribution in [0, 0.1) is 5.92 Å². The van der Waals surface area contributed by atoms with E-state index in [-0.39, 0.29) is 29.9 Å². The summed E-state index contributed by atoms with van der Waals surface area (Å²) in [5.74, 6) is 1.40. The number of piperidine rings is 1. The van der Waals surface area contributed by atoms with Crippen LogP contribution in [0.4, 0.5) is 0 Å². The second-order valence-electron chi connectivity index (χ2n) is 7.42. The molecule has 166 valence electrons. The molecule has 2 rings (SSSR count). The Morgan fingerprint density at radius 1 is 1.14 bits per heavy atom. The molecule has 0 saturated carbocycles. The minimum absolute atomic E-state index is 0. The lowest BCUT2D eigenvalue weighted by molar-refractivity contribution is -0.136. The van der Waals surface area contributed by atoms with Gasteiger partial charge in [0.1, 0.15) is 12.7 Å². The van der Waals surface area contributed by atoms with Crippen molar-refractivity contribution in [3.05, 3.63) is 12.7 Å². The molecule has 1 aliphatic rings. The number of amides is 1. The Balaban J connectivity index is 0.00000420. The molecule has 0 spiro atoms. The Hall–Kier alpha value is -1.39. The SMILES string of the molecule is CCNC(=NCCCCn1cnnc1)NC1CCN(C(=O)C(CC)CC)CC1.I. The number of halogens is 1. The van der Waals surface area contributed by atoms with Crippen LogP contribution in [0.25, 0.3) is 0 Å². The van der Waals surface area contributed by atoms with Crippen molar-refractivity contribution in [2.75, 3.05) is 26.2 Å². The average molecular weight is 519 g/mol. The first-order valence-electron chi connectivity index (χ1n) is 10.8. The number of carbonyl (C=O) groups is 1. The Kier molecular flexibility index (Phi) is 12.9. The second-order valence-corrected chi connectivity index (χ2v) is 7.42. The highest BCUT2D eigenvalue weighted by Gasteiger charge is 2.26. The minimum atomic E-state index is 0. The van der Waals surface area contributed by atoms with Gasteiger partial charge >= 0.3 is 0 Å². The van der Waals surface area contributed by atoms with E-state index >= 15 is 0 Å². The molecule has 8 nitrogen and oxygen atoms in total. The third-order valence-corrected chi connectivity index (χ3v) is 5.39. The van der Waals surface area contributed by atoms with Crippen molar-refractivity contribution in [1.29, 1.82) is 0 Å². The molecule has 29 heavy (non-hydrogen) atoms. The molecule has 1 aromatic heterocycles. The van der Waals surface area contributed by atoms with E-state index in [4.69, 9.17) is 4.99 Å². The van der Waals surface area contributed by atoms with E-state index in [0.29, 0.717) is 11.9 Å². The highest BCUT2D eigenvalue weighted by molar-refractivity contribution is 14.0. The topological polar surface area (TPSA) is 87.4 Å². The molecule has 0 radical (unpaired) electrons. The number of rotatable bonds is 10. The van der Waals surface area contributed by atoms with Crippen LogP contribution in [0.1, 0.15) is 59.3 Å². The van der Waals surface area contributed by atoms with Gasteiger partial charge in [-0.2, -0.15) is 0 Å². The largest absolute Gasteiger partial charge is 0.357 e. The molecular formula is C20H38IN7O. The number of carbonyl (C=O) groups excluding carboxylic acids is 1. The molecule has 1 fully saturated rings. The first-order valence-corrected chi connectivity index (χ1v) is 10.8. The van der Waals surface area contributed by atoms with Crippen LogP contribution >= 0.6 is 24.0 Å². The zero-order valence-electron chi connectivity index (χ0n) is 18.1. The van der Waals surface area contributed by atoms with Crippen LogP contribution in [0.5, 0.6) is 0 Å². The summed E-state index contributed by atoms with van der Waals surface area (Å²) in [5, 5.41) is 14.5. The molecule has 1 aromatic rings. The molecule has 0 atom stereocenters. The van der Waals surface area contributed by atoms with Crippen LogP contribution in [0.15, 0.2) is 17.6 Å². The summed E-state index contributed by atoms with van der Waals surface area (Å²) in [7, 11) is 0. The number of nitrogens with one attached hydrogen (secondary N) is 2. The van der Waals surface area contributed by atoms with Gasteiger partial charge in [-0.25, -0.2) is 0 Å². The number of aliphatic imine (C=N–C) groups is 1. The van der Waals surface area contributed by atoms with Crippen molar-refractivity contribution in [2.45, 2.75) is 71.9 Å². The molecule has 9 heteroatoms. The molecule has 0 aromatic carbocycles. The van der Waals surface area contributed by atoms with Gasteiger partial charge in [0.15, 0.2) is 5.96 Å². The molecular weight excluding hydrogens is 481 g/mol. The monoisotopic (exact) mass is 519 g/mol. The summed E-state index contributed by atoms with van der Waals surface area (Å²) in [6, 6.07) is 0.376. The van der Waals surface area contributed by atoms with Crippen molar-refractivity contribution in [3.8, 4) is 0 Å². The number of hydrogen-bond donors (Lipinski definition) is 2. The van der Waals surface area contributed by atoms with Gasteiger partial charge in [0.05, 0.1) is 0 Å². The summed E-state index contributed by atoms with van der Waals surface area (Å²) >= 11 is 0. The van der Waals surface area contributed by atoms with Gasteiger partial charge < -0.3 is 20.1 Å². The maximum Gasteiger partial charge on any atom is 0.225 e.